The highest BCUT2D eigenvalue weighted by Gasteiger charge is 2.35. The van der Waals surface area contributed by atoms with Gasteiger partial charge in [-0.3, -0.25) is 15.6 Å². The highest BCUT2D eigenvalue weighted by atomic mass is 16.5. The number of ether oxygens (including phenoxy) is 1. The van der Waals surface area contributed by atoms with Gasteiger partial charge in [0.2, 0.25) is 11.8 Å². The Bertz CT molecular complexity index is 788. The minimum atomic E-state index is -0.567. The fraction of sp³-hybridized carbons (Fsp3) is 0.0714. The molecular weight excluding hydrogens is 256 g/mol. The zero-order valence-electron chi connectivity index (χ0n) is 10.3. The summed E-state index contributed by atoms with van der Waals surface area (Å²) in [6.07, 6.45) is 1.23. The molecule has 0 saturated heterocycles. The number of nitrogens with zero attached hydrogens (tertiary/aromatic N) is 1. The molecule has 1 aliphatic heterocycles. The molecule has 98 valence electrons. The first-order valence-electron chi connectivity index (χ1n) is 5.91. The van der Waals surface area contributed by atoms with Crippen LogP contribution in [0.4, 0.5) is 0 Å². The molecule has 6 nitrogen and oxygen atoms in total. The highest BCUT2D eigenvalue weighted by molar-refractivity contribution is 6.04. The van der Waals surface area contributed by atoms with Crippen LogP contribution >= 0.6 is 0 Å². The maximum Gasteiger partial charge on any atom is 0.258 e. The van der Waals surface area contributed by atoms with Crippen LogP contribution in [0.3, 0.4) is 0 Å². The molecule has 0 radical (unpaired) electrons. The van der Waals surface area contributed by atoms with E-state index in [4.69, 9.17) is 15.6 Å². The Kier molecular flexibility index (Phi) is 2.78. The van der Waals surface area contributed by atoms with Crippen LogP contribution in [-0.4, -0.2) is 21.7 Å². The summed E-state index contributed by atoms with van der Waals surface area (Å²) >= 11 is 0. The van der Waals surface area contributed by atoms with Gasteiger partial charge in [-0.15, -0.1) is 0 Å². The standard InChI is InChI=1S/C14H10N4O2/c15-6-9-10(8-4-2-1-3-5-8)11-13(19)17-7-18-14(11)20-12(9)16/h1-5,7,10,15-16H,(H,17,18,19). The van der Waals surface area contributed by atoms with Gasteiger partial charge in [0, 0.05) is 0 Å². The smallest absolute Gasteiger partial charge is 0.258 e. The van der Waals surface area contributed by atoms with Crippen molar-refractivity contribution in [3.63, 3.8) is 0 Å². The molecule has 6 heteroatoms. The van der Waals surface area contributed by atoms with Gasteiger partial charge in [0.1, 0.15) is 0 Å². The van der Waals surface area contributed by atoms with E-state index >= 15 is 0 Å². The van der Waals surface area contributed by atoms with E-state index in [0.29, 0.717) is 5.56 Å². The first kappa shape index (κ1) is 12.1. The third-order valence-corrected chi connectivity index (χ3v) is 3.14. The predicted octanol–water partition coefficient (Wildman–Crippen LogP) is 1.45. The molecule has 0 saturated carbocycles. The van der Waals surface area contributed by atoms with Gasteiger partial charge in [-0.2, -0.15) is 0 Å². The van der Waals surface area contributed by atoms with Gasteiger partial charge in [-0.05, 0) is 11.4 Å². The quantitative estimate of drug-likeness (QED) is 0.680. The average molecular weight is 266 g/mol. The van der Waals surface area contributed by atoms with E-state index in [1.165, 1.54) is 6.33 Å². The maximum absolute atomic E-state index is 12.1. The molecule has 1 atom stereocenters. The van der Waals surface area contributed by atoms with Gasteiger partial charge in [0.15, 0.2) is 0 Å². The molecule has 1 aliphatic rings. The van der Waals surface area contributed by atoms with Crippen LogP contribution in [-0.2, 0) is 0 Å². The minimum Gasteiger partial charge on any atom is -0.420 e. The van der Waals surface area contributed by atoms with Crippen LogP contribution in [0.1, 0.15) is 17.0 Å². The van der Waals surface area contributed by atoms with Crippen molar-refractivity contribution in [2.75, 3.05) is 0 Å². The molecule has 0 amide bonds. The van der Waals surface area contributed by atoms with Crippen molar-refractivity contribution in [3.8, 4) is 5.88 Å². The van der Waals surface area contributed by atoms with Gasteiger partial charge < -0.3 is 9.72 Å². The minimum absolute atomic E-state index is 0.103. The van der Waals surface area contributed by atoms with Crippen molar-refractivity contribution in [2.24, 2.45) is 0 Å². The number of H-pyrrole nitrogens is 1. The van der Waals surface area contributed by atoms with Crippen LogP contribution in [0, 0.1) is 10.8 Å². The van der Waals surface area contributed by atoms with Crippen LogP contribution < -0.4 is 10.3 Å². The van der Waals surface area contributed by atoms with Crippen molar-refractivity contribution in [1.82, 2.24) is 9.97 Å². The number of benzene rings is 1. The van der Waals surface area contributed by atoms with Gasteiger partial charge >= 0.3 is 0 Å². The summed E-state index contributed by atoms with van der Waals surface area (Å²) in [5.74, 6) is 1.53. The van der Waals surface area contributed by atoms with Gasteiger partial charge in [-0.1, -0.05) is 30.3 Å². The number of hydrogen-bond acceptors (Lipinski definition) is 5. The SMILES string of the molecule is N=C=C1C(=N)Oc2nc[nH]c(=O)c2C1c1ccccc1. The molecule has 3 rings (SSSR count). The zero-order valence-corrected chi connectivity index (χ0v) is 10.3. The topological polar surface area (TPSA) is 103 Å². The third kappa shape index (κ3) is 1.75. The molecule has 1 aromatic carbocycles. The van der Waals surface area contributed by atoms with Crippen molar-refractivity contribution in [1.29, 1.82) is 10.8 Å². The lowest BCUT2D eigenvalue weighted by atomic mass is 9.85. The second-order valence-corrected chi connectivity index (χ2v) is 4.26. The number of rotatable bonds is 1. The largest absolute Gasteiger partial charge is 0.420 e. The molecule has 0 fully saturated rings. The zero-order chi connectivity index (χ0) is 14.1. The highest BCUT2D eigenvalue weighted by Crippen LogP contribution is 2.37. The lowest BCUT2D eigenvalue weighted by Gasteiger charge is -2.25. The summed E-state index contributed by atoms with van der Waals surface area (Å²) in [5, 5.41) is 15.2. The normalized spacial score (nSPS) is 17.1. The van der Waals surface area contributed by atoms with Crippen LogP contribution in [0.2, 0.25) is 0 Å². The Morgan fingerprint density at radius 1 is 1.30 bits per heavy atom. The summed E-state index contributed by atoms with van der Waals surface area (Å²) in [5.41, 5.74) is 0.950. The Balaban J connectivity index is 2.33. The molecule has 2 aromatic rings. The lowest BCUT2D eigenvalue weighted by Crippen LogP contribution is -2.31. The van der Waals surface area contributed by atoms with Crippen molar-refractivity contribution < 1.29 is 4.74 Å². The van der Waals surface area contributed by atoms with Crippen molar-refractivity contribution in [3.05, 3.63) is 63.7 Å². The second kappa shape index (κ2) is 4.60. The number of nitrogens with one attached hydrogen (secondary N) is 3. The van der Waals surface area contributed by atoms with Crippen molar-refractivity contribution in [2.45, 2.75) is 5.92 Å². The van der Waals surface area contributed by atoms with Gasteiger partial charge in [-0.25, -0.2) is 4.98 Å². The third-order valence-electron chi connectivity index (χ3n) is 3.14. The molecule has 0 spiro atoms. The van der Waals surface area contributed by atoms with E-state index < -0.39 is 5.92 Å². The fourth-order valence-electron chi connectivity index (χ4n) is 2.26. The Morgan fingerprint density at radius 3 is 2.75 bits per heavy atom. The number of aromatic amines is 1. The number of hydrogen-bond donors (Lipinski definition) is 3. The monoisotopic (exact) mass is 266 g/mol. The van der Waals surface area contributed by atoms with E-state index in [1.54, 1.807) is 0 Å². The summed E-state index contributed by atoms with van der Waals surface area (Å²) < 4.78 is 5.20. The molecular formula is C14H10N4O2. The van der Waals surface area contributed by atoms with E-state index in [9.17, 15) is 4.79 Å². The number of aromatic nitrogens is 2. The van der Waals surface area contributed by atoms with E-state index in [0.717, 1.165) is 5.56 Å². The predicted molar refractivity (Wildman–Crippen MR) is 72.7 cm³/mol. The van der Waals surface area contributed by atoms with Gasteiger partial charge in [0.05, 0.1) is 23.4 Å². The fourth-order valence-corrected chi connectivity index (χ4v) is 2.26. The van der Waals surface area contributed by atoms with Gasteiger partial charge in [0.25, 0.3) is 5.56 Å². The Hall–Kier alpha value is -2.98. The summed E-state index contributed by atoms with van der Waals surface area (Å²) in [7, 11) is 0. The molecule has 1 unspecified atom stereocenters. The molecule has 1 aromatic heterocycles. The summed E-state index contributed by atoms with van der Waals surface area (Å²) in [4.78, 5) is 18.5. The molecule has 3 N–H and O–H groups in total. The molecule has 20 heavy (non-hydrogen) atoms. The van der Waals surface area contributed by atoms with E-state index in [1.807, 2.05) is 30.3 Å². The number of fused-ring (bicyclic) bond motifs is 1. The first-order chi connectivity index (χ1) is 9.72. The average Bonchev–Trinajstić information content (AvgIpc) is 2.47. The molecule has 0 bridgehead atoms. The van der Waals surface area contributed by atoms with E-state index in [-0.39, 0.29) is 22.9 Å². The first-order valence-corrected chi connectivity index (χ1v) is 5.91. The Labute approximate surface area is 113 Å². The maximum atomic E-state index is 12.1. The summed E-state index contributed by atoms with van der Waals surface area (Å²) in [6.45, 7) is 0. The Morgan fingerprint density at radius 2 is 2.05 bits per heavy atom. The summed E-state index contributed by atoms with van der Waals surface area (Å²) in [6, 6.07) is 9.18. The van der Waals surface area contributed by atoms with Crippen LogP contribution in [0.15, 0.2) is 47.0 Å². The lowest BCUT2D eigenvalue weighted by molar-refractivity contribution is 0.490. The van der Waals surface area contributed by atoms with Crippen molar-refractivity contribution >= 4 is 11.8 Å². The van der Waals surface area contributed by atoms with E-state index in [2.05, 4.69) is 15.8 Å². The van der Waals surface area contributed by atoms with Crippen LogP contribution in [0.25, 0.3) is 0 Å². The molecule has 2 heterocycles. The van der Waals surface area contributed by atoms with Crippen LogP contribution in [0.5, 0.6) is 5.88 Å². The molecule has 0 aliphatic carbocycles. The second-order valence-electron chi connectivity index (χ2n) is 4.26.